The van der Waals surface area contributed by atoms with Crippen molar-refractivity contribution in [2.75, 3.05) is 13.2 Å². The standard InChI is InChI=1S/C7H8Cl2O/c1-2-3-10-5-6-4-7(6,8)9/h1,6H,3-5H2. The lowest BCUT2D eigenvalue weighted by Crippen LogP contribution is -2.01. The zero-order valence-corrected chi connectivity index (χ0v) is 6.95. The summed E-state index contributed by atoms with van der Waals surface area (Å²) in [5, 5.41) is 0. The first-order valence-electron chi connectivity index (χ1n) is 3.06. The number of alkyl halides is 2. The van der Waals surface area contributed by atoms with Gasteiger partial charge in [-0.05, 0) is 6.42 Å². The fraction of sp³-hybridized carbons (Fsp3) is 0.714. The number of halogens is 2. The van der Waals surface area contributed by atoms with Crippen molar-refractivity contribution >= 4 is 23.2 Å². The Hall–Kier alpha value is 0.100. The van der Waals surface area contributed by atoms with Crippen molar-refractivity contribution in [1.82, 2.24) is 0 Å². The third kappa shape index (κ3) is 2.05. The maximum atomic E-state index is 5.72. The van der Waals surface area contributed by atoms with E-state index in [4.69, 9.17) is 34.4 Å². The highest BCUT2D eigenvalue weighted by Crippen LogP contribution is 2.53. The van der Waals surface area contributed by atoms with Crippen LogP contribution in [0.3, 0.4) is 0 Å². The highest BCUT2D eigenvalue weighted by molar-refractivity contribution is 6.50. The Bertz CT molecular complexity index is 159. The second-order valence-corrected chi connectivity index (χ2v) is 3.92. The Morgan fingerprint density at radius 2 is 2.30 bits per heavy atom. The molecule has 0 aliphatic heterocycles. The van der Waals surface area contributed by atoms with Gasteiger partial charge in [-0.15, -0.1) is 29.6 Å². The third-order valence-electron chi connectivity index (χ3n) is 1.46. The van der Waals surface area contributed by atoms with Crippen molar-refractivity contribution < 1.29 is 4.74 Å². The summed E-state index contributed by atoms with van der Waals surface area (Å²) >= 11 is 11.4. The monoisotopic (exact) mass is 178 g/mol. The van der Waals surface area contributed by atoms with Gasteiger partial charge in [-0.25, -0.2) is 0 Å². The lowest BCUT2D eigenvalue weighted by molar-refractivity contribution is 0.155. The van der Waals surface area contributed by atoms with Crippen LogP contribution >= 0.6 is 23.2 Å². The minimum Gasteiger partial charge on any atom is -0.368 e. The summed E-state index contributed by atoms with van der Waals surface area (Å²) in [7, 11) is 0. The van der Waals surface area contributed by atoms with E-state index in [9.17, 15) is 0 Å². The third-order valence-corrected chi connectivity index (χ3v) is 2.39. The van der Waals surface area contributed by atoms with Crippen molar-refractivity contribution in [3.8, 4) is 12.3 Å². The molecule has 0 spiro atoms. The highest BCUT2D eigenvalue weighted by atomic mass is 35.5. The van der Waals surface area contributed by atoms with E-state index >= 15 is 0 Å². The van der Waals surface area contributed by atoms with Gasteiger partial charge < -0.3 is 4.74 Å². The molecule has 0 aromatic heterocycles. The molecule has 0 radical (unpaired) electrons. The molecule has 1 saturated carbocycles. The fourth-order valence-electron chi connectivity index (χ4n) is 0.711. The maximum absolute atomic E-state index is 5.72. The molecule has 1 aliphatic rings. The number of rotatable bonds is 3. The van der Waals surface area contributed by atoms with E-state index in [0.717, 1.165) is 6.42 Å². The second kappa shape index (κ2) is 3.00. The molecular weight excluding hydrogens is 171 g/mol. The summed E-state index contributed by atoms with van der Waals surface area (Å²) < 4.78 is 4.50. The van der Waals surface area contributed by atoms with Crippen LogP contribution in [0.15, 0.2) is 0 Å². The van der Waals surface area contributed by atoms with Gasteiger partial charge in [0, 0.05) is 5.92 Å². The highest BCUT2D eigenvalue weighted by Gasteiger charge is 2.51. The van der Waals surface area contributed by atoms with E-state index in [2.05, 4.69) is 5.92 Å². The van der Waals surface area contributed by atoms with Gasteiger partial charge in [0.05, 0.1) is 6.61 Å². The zero-order chi connectivity index (χ0) is 7.61. The zero-order valence-electron chi connectivity index (χ0n) is 5.44. The smallest absolute Gasteiger partial charge is 0.123 e. The number of hydrogen-bond acceptors (Lipinski definition) is 1. The molecule has 0 saturated heterocycles. The van der Waals surface area contributed by atoms with Gasteiger partial charge in [0.15, 0.2) is 0 Å². The molecule has 1 fully saturated rings. The summed E-state index contributed by atoms with van der Waals surface area (Å²) in [5.41, 5.74) is 0. The fourth-order valence-corrected chi connectivity index (χ4v) is 1.21. The summed E-state index contributed by atoms with van der Waals surface area (Å²) in [6, 6.07) is 0. The molecule has 0 aromatic rings. The van der Waals surface area contributed by atoms with Crippen LogP contribution in [0.4, 0.5) is 0 Å². The molecule has 10 heavy (non-hydrogen) atoms. The van der Waals surface area contributed by atoms with Gasteiger partial charge in [-0.1, -0.05) is 5.92 Å². The van der Waals surface area contributed by atoms with E-state index in [-0.39, 0.29) is 5.92 Å². The molecule has 1 rings (SSSR count). The van der Waals surface area contributed by atoms with E-state index in [0.29, 0.717) is 13.2 Å². The molecule has 0 N–H and O–H groups in total. The van der Waals surface area contributed by atoms with E-state index in [1.807, 2.05) is 0 Å². The van der Waals surface area contributed by atoms with Crippen LogP contribution in [0.5, 0.6) is 0 Å². The van der Waals surface area contributed by atoms with Crippen LogP contribution in [-0.4, -0.2) is 17.5 Å². The summed E-state index contributed by atoms with van der Waals surface area (Å²) in [6.45, 7) is 0.928. The van der Waals surface area contributed by atoms with Crippen LogP contribution in [0, 0.1) is 18.3 Å². The van der Waals surface area contributed by atoms with Crippen molar-refractivity contribution in [2.45, 2.75) is 10.8 Å². The number of hydrogen-bond donors (Lipinski definition) is 0. The molecular formula is C7H8Cl2O. The number of terminal acetylenes is 1. The Morgan fingerprint density at radius 3 is 2.70 bits per heavy atom. The van der Waals surface area contributed by atoms with Gasteiger partial charge in [0.2, 0.25) is 0 Å². The molecule has 1 nitrogen and oxygen atoms in total. The minimum absolute atomic E-state index is 0.282. The summed E-state index contributed by atoms with van der Waals surface area (Å²) in [6.07, 6.45) is 5.78. The Morgan fingerprint density at radius 1 is 1.70 bits per heavy atom. The van der Waals surface area contributed by atoms with Crippen molar-refractivity contribution in [3.63, 3.8) is 0 Å². The largest absolute Gasteiger partial charge is 0.368 e. The van der Waals surface area contributed by atoms with Crippen LogP contribution in [-0.2, 0) is 4.74 Å². The molecule has 1 aliphatic carbocycles. The Labute approximate surface area is 70.6 Å². The normalized spacial score (nSPS) is 27.5. The number of ether oxygens (including phenoxy) is 1. The molecule has 0 aromatic carbocycles. The van der Waals surface area contributed by atoms with Gasteiger partial charge in [-0.3, -0.25) is 0 Å². The predicted octanol–water partition coefficient (Wildman–Crippen LogP) is 1.83. The Kier molecular flexibility index (Phi) is 2.46. The van der Waals surface area contributed by atoms with Crippen molar-refractivity contribution in [2.24, 2.45) is 5.92 Å². The SMILES string of the molecule is C#CCOCC1CC1(Cl)Cl. The second-order valence-electron chi connectivity index (χ2n) is 2.38. The van der Waals surface area contributed by atoms with Gasteiger partial charge in [-0.2, -0.15) is 0 Å². The van der Waals surface area contributed by atoms with Crippen LogP contribution in [0.25, 0.3) is 0 Å². The average Bonchev–Trinajstić information content (AvgIpc) is 2.41. The first kappa shape index (κ1) is 8.20. The molecule has 0 bridgehead atoms. The summed E-state index contributed by atoms with van der Waals surface area (Å²) in [5.74, 6) is 2.65. The molecule has 56 valence electrons. The van der Waals surface area contributed by atoms with Crippen LogP contribution in [0.2, 0.25) is 0 Å². The average molecular weight is 179 g/mol. The van der Waals surface area contributed by atoms with Crippen LogP contribution < -0.4 is 0 Å². The molecule has 1 atom stereocenters. The van der Waals surface area contributed by atoms with Gasteiger partial charge in [0.25, 0.3) is 0 Å². The van der Waals surface area contributed by atoms with Crippen molar-refractivity contribution in [3.05, 3.63) is 0 Å². The maximum Gasteiger partial charge on any atom is 0.123 e. The molecule has 0 amide bonds. The first-order valence-corrected chi connectivity index (χ1v) is 3.81. The predicted molar refractivity (Wildman–Crippen MR) is 42.2 cm³/mol. The van der Waals surface area contributed by atoms with Gasteiger partial charge >= 0.3 is 0 Å². The topological polar surface area (TPSA) is 9.23 Å². The van der Waals surface area contributed by atoms with E-state index in [1.165, 1.54) is 0 Å². The first-order chi connectivity index (χ1) is 4.67. The Balaban J connectivity index is 2.03. The van der Waals surface area contributed by atoms with Crippen molar-refractivity contribution in [1.29, 1.82) is 0 Å². The lowest BCUT2D eigenvalue weighted by Gasteiger charge is -1.98. The van der Waals surface area contributed by atoms with E-state index in [1.54, 1.807) is 0 Å². The van der Waals surface area contributed by atoms with E-state index < -0.39 is 4.33 Å². The molecule has 0 heterocycles. The van der Waals surface area contributed by atoms with Crippen LogP contribution in [0.1, 0.15) is 6.42 Å². The minimum atomic E-state index is -0.533. The lowest BCUT2D eigenvalue weighted by atomic mass is 10.5. The van der Waals surface area contributed by atoms with Gasteiger partial charge in [0.1, 0.15) is 10.9 Å². The molecule has 1 unspecified atom stereocenters. The molecule has 3 heteroatoms. The quantitative estimate of drug-likeness (QED) is 0.364. The summed E-state index contributed by atoms with van der Waals surface area (Å²) in [4.78, 5) is 0.